The number of rotatable bonds is 8. The lowest BCUT2D eigenvalue weighted by Crippen LogP contribution is -2.26. The van der Waals surface area contributed by atoms with Crippen LogP contribution in [0.1, 0.15) is 37.0 Å². The number of esters is 1. The van der Waals surface area contributed by atoms with E-state index in [1.165, 1.54) is 7.11 Å². The van der Waals surface area contributed by atoms with Crippen LogP contribution in [0.3, 0.4) is 0 Å². The van der Waals surface area contributed by atoms with Crippen molar-refractivity contribution in [1.29, 1.82) is 0 Å². The van der Waals surface area contributed by atoms with Gasteiger partial charge in [-0.3, -0.25) is 0 Å². The second-order valence-electron chi connectivity index (χ2n) is 5.32. The third kappa shape index (κ3) is 4.65. The van der Waals surface area contributed by atoms with Crippen molar-refractivity contribution in [3.8, 4) is 0 Å². The molecule has 0 amide bonds. The molecule has 0 aliphatic carbocycles. The number of ether oxygens (including phenoxy) is 1. The van der Waals surface area contributed by atoms with Crippen molar-refractivity contribution >= 4 is 23.4 Å². The Morgan fingerprint density at radius 3 is 2.42 bits per heavy atom. The number of carbonyl (C=O) groups excluding carboxylic acids is 1. The SMILES string of the molecule is CCCN(CCC)c1cnnc(Nc2ccc(C(=O)OC)cc2)n1. The number of nitrogens with one attached hydrogen (secondary N) is 1. The van der Waals surface area contributed by atoms with Gasteiger partial charge in [0, 0.05) is 18.8 Å². The van der Waals surface area contributed by atoms with Crippen LogP contribution in [-0.4, -0.2) is 41.3 Å². The monoisotopic (exact) mass is 329 g/mol. The van der Waals surface area contributed by atoms with Gasteiger partial charge in [0.2, 0.25) is 5.95 Å². The number of nitrogens with zero attached hydrogens (tertiary/aromatic N) is 4. The Morgan fingerprint density at radius 1 is 1.17 bits per heavy atom. The van der Waals surface area contributed by atoms with Crippen molar-refractivity contribution in [1.82, 2.24) is 15.2 Å². The van der Waals surface area contributed by atoms with E-state index in [1.54, 1.807) is 30.5 Å². The number of carbonyl (C=O) groups is 1. The molecule has 0 aliphatic heterocycles. The molecule has 2 rings (SSSR count). The molecule has 1 heterocycles. The summed E-state index contributed by atoms with van der Waals surface area (Å²) in [5.41, 5.74) is 1.27. The number of aromatic nitrogens is 3. The average molecular weight is 329 g/mol. The minimum atomic E-state index is -0.365. The van der Waals surface area contributed by atoms with Gasteiger partial charge in [-0.1, -0.05) is 13.8 Å². The highest BCUT2D eigenvalue weighted by molar-refractivity contribution is 5.89. The van der Waals surface area contributed by atoms with Gasteiger partial charge in [-0.15, -0.1) is 5.10 Å². The standard InChI is InChI=1S/C17H23N5O2/c1-4-10-22(11-5-2)15-12-18-21-17(20-15)19-14-8-6-13(7-9-14)16(23)24-3/h6-9,12H,4-5,10-11H2,1-3H3,(H,19,20,21). The highest BCUT2D eigenvalue weighted by Crippen LogP contribution is 2.17. The van der Waals surface area contributed by atoms with Gasteiger partial charge in [0.1, 0.15) is 0 Å². The van der Waals surface area contributed by atoms with Crippen LogP contribution < -0.4 is 10.2 Å². The quantitative estimate of drug-likeness (QED) is 0.746. The molecule has 7 nitrogen and oxygen atoms in total. The summed E-state index contributed by atoms with van der Waals surface area (Å²) in [6, 6.07) is 6.92. The molecule has 0 bridgehead atoms. The molecule has 0 unspecified atom stereocenters. The van der Waals surface area contributed by atoms with Crippen molar-refractivity contribution < 1.29 is 9.53 Å². The summed E-state index contributed by atoms with van der Waals surface area (Å²) in [6.45, 7) is 6.14. The first-order valence-electron chi connectivity index (χ1n) is 8.08. The Kier molecular flexibility index (Phi) is 6.48. The van der Waals surface area contributed by atoms with Gasteiger partial charge in [0.05, 0.1) is 18.9 Å². The molecule has 0 saturated carbocycles. The zero-order valence-electron chi connectivity index (χ0n) is 14.3. The van der Waals surface area contributed by atoms with E-state index in [1.807, 2.05) is 0 Å². The first-order chi connectivity index (χ1) is 11.7. The van der Waals surface area contributed by atoms with E-state index < -0.39 is 0 Å². The number of hydrogen-bond acceptors (Lipinski definition) is 7. The van der Waals surface area contributed by atoms with Gasteiger partial charge in [0.25, 0.3) is 0 Å². The van der Waals surface area contributed by atoms with E-state index in [-0.39, 0.29) is 5.97 Å². The molecule has 1 aromatic carbocycles. The molecule has 128 valence electrons. The summed E-state index contributed by atoms with van der Waals surface area (Å²) in [7, 11) is 1.36. The molecule has 1 N–H and O–H groups in total. The van der Waals surface area contributed by atoms with Gasteiger partial charge in [0.15, 0.2) is 5.82 Å². The van der Waals surface area contributed by atoms with Crippen LogP contribution in [0.2, 0.25) is 0 Å². The maximum Gasteiger partial charge on any atom is 0.337 e. The largest absolute Gasteiger partial charge is 0.465 e. The van der Waals surface area contributed by atoms with Crippen molar-refractivity contribution in [3.63, 3.8) is 0 Å². The van der Waals surface area contributed by atoms with Crippen LogP contribution in [0, 0.1) is 0 Å². The van der Waals surface area contributed by atoms with Gasteiger partial charge in [-0.05, 0) is 37.1 Å². The molecular formula is C17H23N5O2. The van der Waals surface area contributed by atoms with Gasteiger partial charge < -0.3 is 15.0 Å². The Labute approximate surface area is 142 Å². The van der Waals surface area contributed by atoms with Gasteiger partial charge in [-0.2, -0.15) is 10.1 Å². The van der Waals surface area contributed by atoms with E-state index in [9.17, 15) is 4.79 Å². The molecule has 24 heavy (non-hydrogen) atoms. The molecule has 0 saturated heterocycles. The fourth-order valence-electron chi connectivity index (χ4n) is 2.32. The van der Waals surface area contributed by atoms with Crippen molar-refractivity contribution in [2.24, 2.45) is 0 Å². The van der Waals surface area contributed by atoms with Crippen LogP contribution >= 0.6 is 0 Å². The lowest BCUT2D eigenvalue weighted by molar-refractivity contribution is 0.0601. The molecule has 0 atom stereocenters. The van der Waals surface area contributed by atoms with E-state index in [4.69, 9.17) is 0 Å². The van der Waals surface area contributed by atoms with E-state index in [0.29, 0.717) is 11.5 Å². The Morgan fingerprint density at radius 2 is 1.83 bits per heavy atom. The topological polar surface area (TPSA) is 80.2 Å². The van der Waals surface area contributed by atoms with E-state index >= 15 is 0 Å². The Balaban J connectivity index is 2.12. The number of anilines is 3. The maximum atomic E-state index is 11.4. The summed E-state index contributed by atoms with van der Waals surface area (Å²) < 4.78 is 4.68. The van der Waals surface area contributed by atoms with Gasteiger partial charge >= 0.3 is 5.97 Å². The second-order valence-corrected chi connectivity index (χ2v) is 5.32. The smallest absolute Gasteiger partial charge is 0.337 e. The fraction of sp³-hybridized carbons (Fsp3) is 0.412. The molecule has 2 aromatic rings. The minimum absolute atomic E-state index is 0.365. The Bertz CT molecular complexity index is 654. The van der Waals surface area contributed by atoms with E-state index in [0.717, 1.165) is 37.4 Å². The minimum Gasteiger partial charge on any atom is -0.465 e. The highest BCUT2D eigenvalue weighted by Gasteiger charge is 2.09. The predicted octanol–water partition coefficient (Wildman–Crippen LogP) is 3.03. The predicted molar refractivity (Wildman–Crippen MR) is 93.7 cm³/mol. The number of methoxy groups -OCH3 is 1. The molecule has 0 spiro atoms. The normalized spacial score (nSPS) is 10.3. The second kappa shape index (κ2) is 8.81. The third-order valence-electron chi connectivity index (χ3n) is 3.42. The molecule has 0 radical (unpaired) electrons. The maximum absolute atomic E-state index is 11.4. The van der Waals surface area contributed by atoms with Crippen LogP contribution in [-0.2, 0) is 4.74 Å². The summed E-state index contributed by atoms with van der Waals surface area (Å²) in [6.07, 6.45) is 3.76. The molecule has 1 aromatic heterocycles. The average Bonchev–Trinajstić information content (AvgIpc) is 2.62. The summed E-state index contributed by atoms with van der Waals surface area (Å²) in [5, 5.41) is 11.2. The molecular weight excluding hydrogens is 306 g/mol. The zero-order valence-corrected chi connectivity index (χ0v) is 14.3. The summed E-state index contributed by atoms with van der Waals surface area (Å²) >= 11 is 0. The Hall–Kier alpha value is -2.70. The lowest BCUT2D eigenvalue weighted by atomic mass is 10.2. The van der Waals surface area contributed by atoms with Crippen LogP contribution in [0.4, 0.5) is 17.5 Å². The van der Waals surface area contributed by atoms with Gasteiger partial charge in [-0.25, -0.2) is 4.79 Å². The fourth-order valence-corrected chi connectivity index (χ4v) is 2.32. The van der Waals surface area contributed by atoms with Crippen LogP contribution in [0.25, 0.3) is 0 Å². The number of benzene rings is 1. The number of hydrogen-bond donors (Lipinski definition) is 1. The first-order valence-corrected chi connectivity index (χ1v) is 8.08. The third-order valence-corrected chi connectivity index (χ3v) is 3.42. The highest BCUT2D eigenvalue weighted by atomic mass is 16.5. The lowest BCUT2D eigenvalue weighted by Gasteiger charge is -2.22. The van der Waals surface area contributed by atoms with Crippen LogP contribution in [0.15, 0.2) is 30.5 Å². The summed E-state index contributed by atoms with van der Waals surface area (Å²) in [4.78, 5) is 18.2. The molecule has 0 fully saturated rings. The van der Waals surface area contributed by atoms with Crippen molar-refractivity contribution in [3.05, 3.63) is 36.0 Å². The molecule has 7 heteroatoms. The molecule has 0 aliphatic rings. The van der Waals surface area contributed by atoms with E-state index in [2.05, 4.69) is 44.0 Å². The first kappa shape index (κ1) is 17.7. The summed E-state index contributed by atoms with van der Waals surface area (Å²) in [5.74, 6) is 0.870. The van der Waals surface area contributed by atoms with Crippen LogP contribution in [0.5, 0.6) is 0 Å². The van der Waals surface area contributed by atoms with Crippen molar-refractivity contribution in [2.45, 2.75) is 26.7 Å². The zero-order chi connectivity index (χ0) is 17.4. The van der Waals surface area contributed by atoms with Crippen molar-refractivity contribution in [2.75, 3.05) is 30.4 Å².